The van der Waals surface area contributed by atoms with Gasteiger partial charge in [0, 0.05) is 112 Å². The minimum absolute atomic E-state index is 0.00615. The molecule has 0 saturated heterocycles. The zero-order chi connectivity index (χ0) is 101. The molecule has 0 radical (unpaired) electrons. The number of aromatic nitrogens is 8. The zero-order valence-corrected chi connectivity index (χ0v) is 86.9. The molecular formula is C116H112Cl2FN9O11S5. The van der Waals surface area contributed by atoms with Crippen molar-refractivity contribution in [1.29, 1.82) is 0 Å². The first kappa shape index (κ1) is 103. The number of hydrogen-bond donors (Lipinski definition) is 4. The van der Waals surface area contributed by atoms with Crippen molar-refractivity contribution in [2.45, 2.75) is 226 Å². The number of aromatic hydroxyl groups is 3. The molecule has 0 spiro atoms. The molecule has 0 unspecified atom stereocenters. The number of hydrogen-bond acceptors (Lipinski definition) is 20. The fourth-order valence-corrected chi connectivity index (χ4v) is 25.4. The summed E-state index contributed by atoms with van der Waals surface area (Å²) in [6.45, 7) is 13.2. The first-order chi connectivity index (χ1) is 69.6. The van der Waals surface area contributed by atoms with E-state index >= 15 is 4.39 Å². The normalized spacial score (nSPS) is 17.8. The summed E-state index contributed by atoms with van der Waals surface area (Å²) in [4.78, 5) is 129. The van der Waals surface area contributed by atoms with E-state index in [1.54, 1.807) is 53.8 Å². The van der Waals surface area contributed by atoms with Crippen molar-refractivity contribution in [3.05, 3.63) is 270 Å². The van der Waals surface area contributed by atoms with Gasteiger partial charge in [0.1, 0.15) is 40.5 Å². The lowest BCUT2D eigenvalue weighted by Gasteiger charge is -2.32. The first-order valence-electron chi connectivity index (χ1n) is 49.4. The second kappa shape index (κ2) is 45.6. The van der Waals surface area contributed by atoms with Gasteiger partial charge in [-0.1, -0.05) is 100 Å². The number of imidazole rings is 4. The number of carbonyl (C=O) groups excluding carboxylic acids is 8. The van der Waals surface area contributed by atoms with Crippen LogP contribution in [0.2, 0.25) is 10.0 Å². The number of nitrogens with zero attached hydrogens (tertiary/aromatic N) is 8. The van der Waals surface area contributed by atoms with E-state index in [-0.39, 0.29) is 111 Å². The molecule has 7 aromatic carbocycles. The summed E-state index contributed by atoms with van der Waals surface area (Å²) in [7, 11) is 0. The Morgan fingerprint density at radius 2 is 0.806 bits per heavy atom. The van der Waals surface area contributed by atoms with Gasteiger partial charge in [0.05, 0.1) is 100.0 Å². The standard InChI is InChI=1S/C30H27ClN2O3S.C29H30ClN3O3S.C29H29FN2O3S.C28H26N2O2S2/c1-3-21-12-14-28(37-21)27(36)16-18-7-5-8-20(15-18)33-24-13-11-19(25(34)4-2)17-23(24)32-30(33)29-22(31)9-6-10-26(29)35;1-4-25(34)18-9-10-24-23(13-18)32-28(22-14-19(30)12-16(2)27(22)35)33(24)21-7-5-6-20(15-21)31-29(36)26-11-8-17(3)37-26;1-3-24(33)19-11-12-23-22(16-19)31-29(28-21(30)8-5-9-25(28)34)32(23)20-7-4-6-18(14-20)15-26(35)27-13-10-17(2)36-27;1-3-21-11-13-26(34-21)25(32)16-18-7-5-8-20(15-18)30-23-12-10-19(24(31)4-2)17-22(23)29-28(30)27-9-6-14-33-27/h1,6,9-14,17-18,20,35H,4-5,7-8,15-16H2,2H3;8-14,20-21,35H,4-7,15H2,1-3H3,(H,31,36);5,8-13,16,18,20,34H,3-4,6-7,14-15H2,1-2H3;1,6,9-14,17-18,20H,4-5,7-8,15-16H2,2H3/t18-,20+;20-,21+;2*18-,20+/m1111/s1. The molecule has 4 N–H and O–H groups in total. The molecule has 738 valence electrons. The average molecular weight is 2060 g/mol. The molecule has 16 aromatic rings. The third-order valence-corrected chi connectivity index (χ3v) is 33.7. The minimum atomic E-state index is -0.549. The Hall–Kier alpha value is -12.9. The van der Waals surface area contributed by atoms with Crippen molar-refractivity contribution in [3.63, 3.8) is 0 Å². The summed E-state index contributed by atoms with van der Waals surface area (Å²) in [6, 6.07) is 54.9. The van der Waals surface area contributed by atoms with E-state index in [2.05, 4.69) is 42.3 Å². The Kier molecular flexibility index (Phi) is 32.5. The molecule has 1 amide bonds. The number of phenolic OH excluding ortho intramolecular Hbond substituents is 3. The van der Waals surface area contributed by atoms with E-state index in [9.17, 15) is 53.7 Å². The Labute approximate surface area is 866 Å². The van der Waals surface area contributed by atoms with Gasteiger partial charge in [0.15, 0.2) is 46.3 Å². The third-order valence-electron chi connectivity index (χ3n) is 28.2. The van der Waals surface area contributed by atoms with Crippen molar-refractivity contribution in [3.8, 4) is 86.8 Å². The fourth-order valence-electron chi connectivity index (χ4n) is 21.1. The Morgan fingerprint density at radius 3 is 1.22 bits per heavy atom. The summed E-state index contributed by atoms with van der Waals surface area (Å²) >= 11 is 20.4. The van der Waals surface area contributed by atoms with E-state index in [0.717, 1.165) is 175 Å². The number of ketones is 7. The van der Waals surface area contributed by atoms with Crippen LogP contribution in [0.5, 0.6) is 17.2 Å². The highest BCUT2D eigenvalue weighted by atomic mass is 35.5. The van der Waals surface area contributed by atoms with E-state index in [1.165, 1.54) is 63.5 Å². The monoisotopic (exact) mass is 2060 g/mol. The summed E-state index contributed by atoms with van der Waals surface area (Å²) in [5.41, 5.74) is 10.8. The Bertz CT molecular complexity index is 7640. The number of benzene rings is 7. The van der Waals surface area contributed by atoms with Gasteiger partial charge < -0.3 is 38.9 Å². The van der Waals surface area contributed by atoms with Gasteiger partial charge in [0.25, 0.3) is 5.91 Å². The number of fused-ring (bicyclic) bond motifs is 4. The number of amides is 1. The van der Waals surface area contributed by atoms with Crippen LogP contribution < -0.4 is 5.32 Å². The van der Waals surface area contributed by atoms with Gasteiger partial charge in [0.2, 0.25) is 0 Å². The van der Waals surface area contributed by atoms with Gasteiger partial charge in [-0.25, -0.2) is 24.3 Å². The van der Waals surface area contributed by atoms with Crippen LogP contribution in [-0.4, -0.2) is 106 Å². The predicted molar refractivity (Wildman–Crippen MR) is 578 cm³/mol. The quantitative estimate of drug-likeness (QED) is 0.0275. The van der Waals surface area contributed by atoms with Crippen LogP contribution in [0.4, 0.5) is 4.39 Å². The summed E-state index contributed by atoms with van der Waals surface area (Å²) in [5.74, 6) is 8.65. The van der Waals surface area contributed by atoms with Crippen LogP contribution in [0.3, 0.4) is 0 Å². The first-order valence-corrected chi connectivity index (χ1v) is 54.3. The van der Waals surface area contributed by atoms with Gasteiger partial charge in [-0.05, 0) is 297 Å². The van der Waals surface area contributed by atoms with Crippen LogP contribution in [-0.2, 0) is 0 Å². The molecule has 0 bridgehead atoms. The highest BCUT2D eigenvalue weighted by molar-refractivity contribution is 7.15. The summed E-state index contributed by atoms with van der Waals surface area (Å²) in [5, 5.41) is 38.5. The summed E-state index contributed by atoms with van der Waals surface area (Å²) in [6.07, 6.45) is 29.0. The fraction of sp³-hybridized carbons (Fsp3) is 0.328. The number of nitrogens with one attached hydrogen (secondary N) is 1. The molecule has 20 rings (SSSR count). The lowest BCUT2D eigenvalue weighted by Crippen LogP contribution is -2.38. The number of aryl methyl sites for hydroxylation is 3. The maximum atomic E-state index is 15.0. The number of phenols is 3. The third kappa shape index (κ3) is 22.6. The van der Waals surface area contributed by atoms with Crippen LogP contribution >= 0.6 is 79.9 Å². The maximum absolute atomic E-state index is 15.0. The smallest absolute Gasteiger partial charge is 0.261 e. The van der Waals surface area contributed by atoms with E-state index < -0.39 is 5.82 Å². The highest BCUT2D eigenvalue weighted by Gasteiger charge is 2.37. The average Bonchev–Trinajstić information content (AvgIpc) is 1.61. The number of Topliss-reactive ketones (excluding diaryl/α,β-unsaturated/α-hetero) is 7. The second-order valence-electron chi connectivity index (χ2n) is 37.9. The van der Waals surface area contributed by atoms with Gasteiger partial charge in [-0.3, -0.25) is 38.4 Å². The molecule has 0 aliphatic heterocycles. The number of halogens is 3. The number of carbonyl (C=O) groups is 8. The molecule has 20 nitrogen and oxygen atoms in total. The van der Waals surface area contributed by atoms with Gasteiger partial charge in [-0.15, -0.1) is 69.5 Å². The predicted octanol–water partition coefficient (Wildman–Crippen LogP) is 29.9. The molecule has 4 aliphatic carbocycles. The van der Waals surface area contributed by atoms with Gasteiger partial charge in [-0.2, -0.15) is 0 Å². The molecule has 9 heterocycles. The van der Waals surface area contributed by atoms with E-state index in [4.69, 9.17) is 56.0 Å². The number of thiophene rings is 5. The molecule has 8 atom stereocenters. The second-order valence-corrected chi connectivity index (χ2v) is 44.4. The topological polar surface area (TPSA) is 281 Å². The largest absolute Gasteiger partial charge is 0.507 e. The zero-order valence-electron chi connectivity index (χ0n) is 81.3. The van der Waals surface area contributed by atoms with Crippen LogP contribution in [0, 0.1) is 69.0 Å². The Morgan fingerprint density at radius 1 is 0.417 bits per heavy atom. The van der Waals surface area contributed by atoms with Crippen molar-refractivity contribution in [2.24, 2.45) is 17.8 Å². The number of terminal acetylenes is 2. The molecule has 4 saturated carbocycles. The molecule has 4 aliphatic rings. The molecular weight excluding hydrogens is 1950 g/mol. The highest BCUT2D eigenvalue weighted by Crippen LogP contribution is 2.49. The van der Waals surface area contributed by atoms with Crippen molar-refractivity contribution in [1.82, 2.24) is 43.5 Å². The summed E-state index contributed by atoms with van der Waals surface area (Å²) < 4.78 is 23.7. The Balaban J connectivity index is 0.000000132. The van der Waals surface area contributed by atoms with Crippen LogP contribution in [0.25, 0.3) is 89.0 Å². The maximum Gasteiger partial charge on any atom is 0.261 e. The molecule has 9 aromatic heterocycles. The van der Waals surface area contributed by atoms with Crippen molar-refractivity contribution < 1.29 is 58.1 Å². The van der Waals surface area contributed by atoms with Crippen molar-refractivity contribution in [2.75, 3.05) is 0 Å². The van der Waals surface area contributed by atoms with Gasteiger partial charge >= 0.3 is 0 Å². The molecule has 4 fully saturated rings. The van der Waals surface area contributed by atoms with E-state index in [0.29, 0.717) is 139 Å². The van der Waals surface area contributed by atoms with Crippen molar-refractivity contribution >= 4 is 170 Å². The van der Waals surface area contributed by atoms with Crippen LogP contribution in [0.15, 0.2) is 187 Å². The van der Waals surface area contributed by atoms with E-state index in [1.807, 2.05) is 168 Å². The lowest BCUT2D eigenvalue weighted by atomic mass is 9.82. The van der Waals surface area contributed by atoms with Crippen LogP contribution in [0.1, 0.15) is 305 Å². The molecule has 144 heavy (non-hydrogen) atoms. The molecule has 28 heteroatoms. The number of rotatable bonds is 27. The lowest BCUT2D eigenvalue weighted by molar-refractivity contribution is 0.0919. The minimum Gasteiger partial charge on any atom is -0.507 e. The SMILES string of the molecule is C#Cc1ccc(C(=O)C[C@@H]2CCC[C@H](n3c(-c4c(O)cccc4Cl)nc4cc(C(=O)CC)ccc43)C2)s1.C#Cc1ccc(C(=O)C[C@@H]2CCC[C@H](n3c(-c4cccs4)nc4cc(C(=O)CC)ccc43)C2)s1.CCC(=O)c1ccc2c(c1)nc(-c1c(O)cccc1F)n2[C@H]1CCC[C@@H](CC(=O)c2ccc(C)s2)C1.CCC(=O)c1ccc2c(c1)nc(-c1cc(Cl)cc(C)c1O)n2[C@H]1CCC[C@@H](NC(=O)c2ccc(C)s2)C1.